The Morgan fingerprint density at radius 2 is 1.55 bits per heavy atom. The molecule has 0 radical (unpaired) electrons. The second-order valence-electron chi connectivity index (χ2n) is 6.39. The fourth-order valence-corrected chi connectivity index (χ4v) is 3.92. The predicted octanol–water partition coefficient (Wildman–Crippen LogP) is 4.29. The summed E-state index contributed by atoms with van der Waals surface area (Å²) in [6, 6.07) is 21.9. The molecule has 0 atom stereocenters. The number of rotatable bonds is 5. The molecule has 0 unspecified atom stereocenters. The summed E-state index contributed by atoms with van der Waals surface area (Å²) in [5.41, 5.74) is 1.49. The Labute approximate surface area is 168 Å². The zero-order chi connectivity index (χ0) is 20.3. The molecule has 1 aromatic heterocycles. The molecule has 7 heteroatoms. The fourth-order valence-electron chi connectivity index (χ4n) is 2.87. The number of amides is 1. The maximum Gasteiger partial charge on any atom is 0.261 e. The molecule has 0 aliphatic rings. The van der Waals surface area contributed by atoms with Crippen LogP contribution in [0.5, 0.6) is 0 Å². The molecule has 0 aliphatic carbocycles. The first-order valence-corrected chi connectivity index (χ1v) is 10.3. The lowest BCUT2D eigenvalue weighted by molar-refractivity contribution is 0.102. The normalized spacial score (nSPS) is 11.2. The summed E-state index contributed by atoms with van der Waals surface area (Å²) in [6.07, 6.45) is 3.41. The zero-order valence-corrected chi connectivity index (χ0v) is 16.1. The number of nitrogens with one attached hydrogen (secondary N) is 2. The average molecular weight is 403 g/mol. The largest absolute Gasteiger partial charge is 0.322 e. The molecule has 0 bridgehead atoms. The van der Waals surface area contributed by atoms with E-state index in [1.54, 1.807) is 60.9 Å². The van der Waals surface area contributed by atoms with Crippen molar-refractivity contribution in [1.29, 1.82) is 0 Å². The molecule has 0 fully saturated rings. The third kappa shape index (κ3) is 4.25. The van der Waals surface area contributed by atoms with Crippen LogP contribution < -0.4 is 10.0 Å². The van der Waals surface area contributed by atoms with Gasteiger partial charge in [-0.1, -0.05) is 24.3 Å². The van der Waals surface area contributed by atoms with E-state index in [0.29, 0.717) is 16.9 Å². The number of carbonyl (C=O) groups is 1. The number of sulfonamides is 1. The smallest absolute Gasteiger partial charge is 0.261 e. The molecular formula is C22H17N3O3S. The van der Waals surface area contributed by atoms with Gasteiger partial charge in [0.15, 0.2) is 0 Å². The van der Waals surface area contributed by atoms with Crippen LogP contribution in [-0.4, -0.2) is 19.3 Å². The average Bonchev–Trinajstić information content (AvgIpc) is 2.74. The number of benzene rings is 3. The molecule has 144 valence electrons. The minimum Gasteiger partial charge on any atom is -0.322 e. The van der Waals surface area contributed by atoms with Gasteiger partial charge in [-0.15, -0.1) is 0 Å². The highest BCUT2D eigenvalue weighted by Gasteiger charge is 2.14. The Hall–Kier alpha value is -3.71. The summed E-state index contributed by atoms with van der Waals surface area (Å²) in [7, 11) is -3.70. The summed E-state index contributed by atoms with van der Waals surface area (Å²) < 4.78 is 27.5. The van der Waals surface area contributed by atoms with Crippen molar-refractivity contribution in [3.05, 3.63) is 96.8 Å². The van der Waals surface area contributed by atoms with Crippen LogP contribution in [0.15, 0.2) is 96.2 Å². The monoisotopic (exact) mass is 403 g/mol. The van der Waals surface area contributed by atoms with Gasteiger partial charge in [0.2, 0.25) is 0 Å². The number of para-hydroxylation sites is 1. The van der Waals surface area contributed by atoms with Crippen LogP contribution in [-0.2, 0) is 10.0 Å². The van der Waals surface area contributed by atoms with E-state index < -0.39 is 10.0 Å². The highest BCUT2D eigenvalue weighted by molar-refractivity contribution is 7.92. The van der Waals surface area contributed by atoms with E-state index in [4.69, 9.17) is 0 Å². The van der Waals surface area contributed by atoms with Gasteiger partial charge >= 0.3 is 0 Å². The van der Waals surface area contributed by atoms with Gasteiger partial charge in [0.25, 0.3) is 15.9 Å². The van der Waals surface area contributed by atoms with Crippen LogP contribution in [0, 0.1) is 0 Å². The zero-order valence-electron chi connectivity index (χ0n) is 15.2. The van der Waals surface area contributed by atoms with Crippen molar-refractivity contribution < 1.29 is 13.2 Å². The highest BCUT2D eigenvalue weighted by atomic mass is 32.2. The Morgan fingerprint density at radius 1 is 0.793 bits per heavy atom. The number of fused-ring (bicyclic) bond motifs is 1. The molecule has 3 aromatic carbocycles. The topological polar surface area (TPSA) is 88.2 Å². The maximum atomic E-state index is 12.5. The molecule has 0 aliphatic heterocycles. The van der Waals surface area contributed by atoms with Crippen LogP contribution in [0.4, 0.5) is 11.4 Å². The van der Waals surface area contributed by atoms with E-state index in [0.717, 1.165) is 10.8 Å². The number of hydrogen-bond acceptors (Lipinski definition) is 4. The van der Waals surface area contributed by atoms with E-state index in [1.165, 1.54) is 12.1 Å². The summed E-state index contributed by atoms with van der Waals surface area (Å²) >= 11 is 0. The Morgan fingerprint density at radius 3 is 2.31 bits per heavy atom. The number of hydrogen-bond donors (Lipinski definition) is 2. The number of anilines is 2. The molecule has 0 saturated carbocycles. The molecule has 4 rings (SSSR count). The van der Waals surface area contributed by atoms with Gasteiger partial charge in [-0.25, -0.2) is 8.42 Å². The van der Waals surface area contributed by atoms with Gasteiger partial charge in [-0.3, -0.25) is 14.5 Å². The van der Waals surface area contributed by atoms with Gasteiger partial charge in [0, 0.05) is 34.7 Å². The van der Waals surface area contributed by atoms with E-state index in [9.17, 15) is 13.2 Å². The van der Waals surface area contributed by atoms with Crippen molar-refractivity contribution in [2.45, 2.75) is 4.90 Å². The van der Waals surface area contributed by atoms with Crippen LogP contribution in [0.2, 0.25) is 0 Å². The van der Waals surface area contributed by atoms with Crippen molar-refractivity contribution in [2.24, 2.45) is 0 Å². The Kier molecular flexibility index (Phi) is 4.97. The molecule has 0 spiro atoms. The van der Waals surface area contributed by atoms with E-state index in [-0.39, 0.29) is 10.8 Å². The minimum absolute atomic E-state index is 0.109. The summed E-state index contributed by atoms with van der Waals surface area (Å²) in [4.78, 5) is 16.7. The Bertz CT molecular complexity index is 1270. The second-order valence-corrected chi connectivity index (χ2v) is 8.07. The number of pyridine rings is 1. The fraction of sp³-hybridized carbons (Fsp3) is 0. The first-order valence-electron chi connectivity index (χ1n) is 8.84. The first-order chi connectivity index (χ1) is 14.0. The standard InChI is InChI=1S/C22H17N3O3S/c26-22(17-6-7-18-15-23-13-12-16(18)14-17)24-19-8-10-21(11-9-19)29(27,28)25-20-4-2-1-3-5-20/h1-15,25H,(H,24,26). The highest BCUT2D eigenvalue weighted by Crippen LogP contribution is 2.20. The number of carbonyl (C=O) groups excluding carboxylic acids is 1. The van der Waals surface area contributed by atoms with Gasteiger partial charge in [0.1, 0.15) is 0 Å². The number of nitrogens with zero attached hydrogens (tertiary/aromatic N) is 1. The Balaban J connectivity index is 1.49. The predicted molar refractivity (Wildman–Crippen MR) is 113 cm³/mol. The maximum absolute atomic E-state index is 12.5. The van der Waals surface area contributed by atoms with Crippen molar-refractivity contribution in [2.75, 3.05) is 10.0 Å². The quantitative estimate of drug-likeness (QED) is 0.520. The van der Waals surface area contributed by atoms with E-state index >= 15 is 0 Å². The van der Waals surface area contributed by atoms with Gasteiger partial charge in [-0.2, -0.15) is 0 Å². The molecule has 1 amide bonds. The summed E-state index contributed by atoms with van der Waals surface area (Å²) in [6.45, 7) is 0. The summed E-state index contributed by atoms with van der Waals surface area (Å²) in [5, 5.41) is 4.65. The molecular weight excluding hydrogens is 386 g/mol. The lowest BCUT2D eigenvalue weighted by Gasteiger charge is -2.10. The van der Waals surface area contributed by atoms with Crippen molar-refractivity contribution in [3.63, 3.8) is 0 Å². The molecule has 6 nitrogen and oxygen atoms in total. The van der Waals surface area contributed by atoms with Crippen molar-refractivity contribution >= 4 is 38.1 Å². The molecule has 2 N–H and O–H groups in total. The SMILES string of the molecule is O=C(Nc1ccc(S(=O)(=O)Nc2ccccc2)cc1)c1ccc2cnccc2c1. The number of aromatic nitrogens is 1. The van der Waals surface area contributed by atoms with Crippen LogP contribution in [0.3, 0.4) is 0 Å². The lowest BCUT2D eigenvalue weighted by atomic mass is 10.1. The van der Waals surface area contributed by atoms with Crippen molar-refractivity contribution in [3.8, 4) is 0 Å². The van der Waals surface area contributed by atoms with E-state index in [1.807, 2.05) is 18.2 Å². The first kappa shape index (κ1) is 18.6. The lowest BCUT2D eigenvalue weighted by Crippen LogP contribution is -2.14. The van der Waals surface area contributed by atoms with Gasteiger partial charge < -0.3 is 5.32 Å². The van der Waals surface area contributed by atoms with Gasteiger partial charge in [0.05, 0.1) is 4.90 Å². The molecule has 0 saturated heterocycles. The third-order valence-corrected chi connectivity index (χ3v) is 5.75. The van der Waals surface area contributed by atoms with Crippen LogP contribution in [0.25, 0.3) is 10.8 Å². The van der Waals surface area contributed by atoms with Gasteiger partial charge in [-0.05, 0) is 60.0 Å². The van der Waals surface area contributed by atoms with Crippen molar-refractivity contribution in [1.82, 2.24) is 4.98 Å². The second kappa shape index (κ2) is 7.73. The van der Waals surface area contributed by atoms with E-state index in [2.05, 4.69) is 15.0 Å². The summed E-state index contributed by atoms with van der Waals surface area (Å²) in [5.74, 6) is -0.276. The van der Waals surface area contributed by atoms with Crippen LogP contribution >= 0.6 is 0 Å². The molecule has 29 heavy (non-hydrogen) atoms. The minimum atomic E-state index is -3.70. The molecule has 4 aromatic rings. The molecule has 1 heterocycles. The third-order valence-electron chi connectivity index (χ3n) is 4.35. The van der Waals surface area contributed by atoms with Crippen LogP contribution in [0.1, 0.15) is 10.4 Å².